The summed E-state index contributed by atoms with van der Waals surface area (Å²) < 4.78 is 46.8. The van der Waals surface area contributed by atoms with Gasteiger partial charge in [-0.15, -0.1) is 16.9 Å². The first-order chi connectivity index (χ1) is 13.4. The molecule has 1 aliphatic heterocycles. The third-order valence-electron chi connectivity index (χ3n) is 4.43. The molecule has 1 aromatic heterocycles. The fourth-order valence-electron chi connectivity index (χ4n) is 3.01. The summed E-state index contributed by atoms with van der Waals surface area (Å²) in [5.41, 5.74) is -0.727. The quantitative estimate of drug-likeness (QED) is 0.610. The Bertz CT molecular complexity index is 802. The predicted octanol–water partition coefficient (Wildman–Crippen LogP) is 1.49. The second-order valence-electron chi connectivity index (χ2n) is 6.41. The molecule has 154 valence electrons. The van der Waals surface area contributed by atoms with Gasteiger partial charge in [-0.2, -0.15) is 0 Å². The molecule has 3 N–H and O–H groups in total. The van der Waals surface area contributed by atoms with Gasteiger partial charge in [0.2, 0.25) is 0 Å². The Labute approximate surface area is 163 Å². The normalized spacial score (nSPS) is 27.9. The zero-order valence-corrected chi connectivity index (χ0v) is 15.7. The van der Waals surface area contributed by atoms with Crippen molar-refractivity contribution in [3.05, 3.63) is 35.8 Å². The second kappa shape index (κ2) is 8.78. The van der Waals surface area contributed by atoms with Crippen LogP contribution in [-0.2, 0) is 4.74 Å². The molecule has 1 saturated heterocycles. The number of nitrogens with zero attached hydrogens (tertiary/aromatic N) is 3. The van der Waals surface area contributed by atoms with Gasteiger partial charge in [-0.05, 0) is 24.3 Å². The third kappa shape index (κ3) is 4.03. The Hall–Kier alpha value is -1.66. The van der Waals surface area contributed by atoms with Gasteiger partial charge in [-0.25, -0.2) is 17.9 Å². The van der Waals surface area contributed by atoms with Gasteiger partial charge >= 0.3 is 0 Å². The van der Waals surface area contributed by atoms with Gasteiger partial charge in [0, 0.05) is 5.56 Å². The molecule has 0 bridgehead atoms. The number of rotatable bonds is 6. The van der Waals surface area contributed by atoms with Crippen LogP contribution in [0.25, 0.3) is 11.3 Å². The molecular formula is C17H20F3N3O4S. The summed E-state index contributed by atoms with van der Waals surface area (Å²) in [4.78, 5) is 0. The lowest BCUT2D eigenvalue weighted by molar-refractivity contribution is -0.178. The molecular weight excluding hydrogens is 399 g/mol. The molecule has 2 aromatic rings. The van der Waals surface area contributed by atoms with Crippen LogP contribution in [0.5, 0.6) is 0 Å². The monoisotopic (exact) mass is 419 g/mol. The van der Waals surface area contributed by atoms with E-state index in [1.165, 1.54) is 18.0 Å². The first-order valence-electron chi connectivity index (χ1n) is 8.68. The highest BCUT2D eigenvalue weighted by Gasteiger charge is 2.46. The van der Waals surface area contributed by atoms with Gasteiger partial charge in [-0.3, -0.25) is 0 Å². The van der Waals surface area contributed by atoms with E-state index < -0.39 is 53.8 Å². The summed E-state index contributed by atoms with van der Waals surface area (Å²) in [5.74, 6) is -3.63. The van der Waals surface area contributed by atoms with Crippen LogP contribution in [0.1, 0.15) is 19.4 Å². The molecule has 2 heterocycles. The Morgan fingerprint density at radius 1 is 1.18 bits per heavy atom. The number of aromatic nitrogens is 3. The fraction of sp³-hybridized carbons (Fsp3) is 0.529. The molecule has 11 heteroatoms. The second-order valence-corrected chi connectivity index (χ2v) is 7.61. The van der Waals surface area contributed by atoms with E-state index in [4.69, 9.17) is 4.74 Å². The van der Waals surface area contributed by atoms with Crippen LogP contribution < -0.4 is 0 Å². The highest BCUT2D eigenvalue weighted by Crippen LogP contribution is 2.35. The van der Waals surface area contributed by atoms with Crippen LogP contribution in [0.15, 0.2) is 18.3 Å². The van der Waals surface area contributed by atoms with Crippen molar-refractivity contribution in [3.8, 4) is 11.3 Å². The van der Waals surface area contributed by atoms with Crippen molar-refractivity contribution in [2.45, 2.75) is 43.1 Å². The molecule has 28 heavy (non-hydrogen) atoms. The smallest absolute Gasteiger partial charge is 0.194 e. The lowest BCUT2D eigenvalue weighted by atomic mass is 9.97. The highest BCUT2D eigenvalue weighted by molar-refractivity contribution is 7.99. The molecule has 2 unspecified atom stereocenters. The summed E-state index contributed by atoms with van der Waals surface area (Å²) >= 11 is 1.34. The summed E-state index contributed by atoms with van der Waals surface area (Å²) in [5, 5.41) is 38.3. The molecule has 7 nitrogen and oxygen atoms in total. The van der Waals surface area contributed by atoms with E-state index in [1.54, 1.807) is 0 Å². The number of benzene rings is 1. The average molecular weight is 419 g/mol. The lowest BCUT2D eigenvalue weighted by Gasteiger charge is -2.41. The Morgan fingerprint density at radius 3 is 2.46 bits per heavy atom. The minimum Gasteiger partial charge on any atom is -0.394 e. The predicted molar refractivity (Wildman–Crippen MR) is 94.9 cm³/mol. The van der Waals surface area contributed by atoms with Gasteiger partial charge in [0.25, 0.3) is 0 Å². The number of thioether (sulfide) groups is 1. The minimum atomic E-state index is -1.59. The molecule has 0 amide bonds. The molecule has 1 aliphatic rings. The number of halogens is 3. The molecule has 1 aromatic carbocycles. The summed E-state index contributed by atoms with van der Waals surface area (Å²) in [6, 6.07) is 0.553. The summed E-state index contributed by atoms with van der Waals surface area (Å²) in [6.45, 7) is 1.49. The van der Waals surface area contributed by atoms with Crippen molar-refractivity contribution in [2.24, 2.45) is 0 Å². The van der Waals surface area contributed by atoms with Crippen molar-refractivity contribution in [2.75, 3.05) is 12.4 Å². The Balaban J connectivity index is 1.91. The lowest BCUT2D eigenvalue weighted by Crippen LogP contribution is -2.55. The van der Waals surface area contributed by atoms with Crippen molar-refractivity contribution in [1.29, 1.82) is 0 Å². The van der Waals surface area contributed by atoms with Crippen LogP contribution in [0, 0.1) is 17.5 Å². The van der Waals surface area contributed by atoms with Crippen LogP contribution in [0.4, 0.5) is 13.2 Å². The van der Waals surface area contributed by atoms with Gasteiger partial charge in [-0.1, -0.05) is 12.1 Å². The molecule has 0 spiro atoms. The van der Waals surface area contributed by atoms with Crippen molar-refractivity contribution < 1.29 is 33.2 Å². The number of aliphatic hydroxyl groups is 3. The molecule has 0 aliphatic carbocycles. The largest absolute Gasteiger partial charge is 0.394 e. The van der Waals surface area contributed by atoms with Gasteiger partial charge < -0.3 is 20.1 Å². The number of aliphatic hydroxyl groups excluding tert-OH is 3. The van der Waals surface area contributed by atoms with Crippen molar-refractivity contribution in [1.82, 2.24) is 15.0 Å². The first kappa shape index (κ1) is 21.1. The highest BCUT2D eigenvalue weighted by atomic mass is 32.2. The SMILES string of the molecule is CCCS[C@H]1OC(CO)[C@H](O)C(n2cc(-c3cc(F)c(F)c(F)c3)nn2)[C@@H]1O. The molecule has 5 atom stereocenters. The summed E-state index contributed by atoms with van der Waals surface area (Å²) in [6.07, 6.45) is -1.30. The Kier molecular flexibility index (Phi) is 6.61. The first-order valence-corrected chi connectivity index (χ1v) is 9.73. The zero-order chi connectivity index (χ0) is 20.4. The maximum absolute atomic E-state index is 13.5. The molecule has 3 rings (SSSR count). The number of hydrogen-bond donors (Lipinski definition) is 3. The van der Waals surface area contributed by atoms with Crippen LogP contribution >= 0.6 is 11.8 Å². The fourth-order valence-corrected chi connectivity index (χ4v) is 4.06. The van der Waals surface area contributed by atoms with E-state index in [0.717, 1.165) is 23.2 Å². The standard InChI is InChI=1S/C17H20F3N3O4S/c1-2-3-28-17-16(26)14(15(25)12(7-24)27-17)23-6-11(21-22-23)8-4-9(18)13(20)10(19)5-8/h4-6,12,14-17,24-26H,2-3,7H2,1H3/t12?,14?,15-,16-,17+/m0/s1. The maximum atomic E-state index is 13.5. The van der Waals surface area contributed by atoms with E-state index in [-0.39, 0.29) is 11.3 Å². The van der Waals surface area contributed by atoms with E-state index in [9.17, 15) is 28.5 Å². The number of ether oxygens (including phenoxy) is 1. The third-order valence-corrected chi connectivity index (χ3v) is 5.79. The topological polar surface area (TPSA) is 101 Å². The summed E-state index contributed by atoms with van der Waals surface area (Å²) in [7, 11) is 0. The number of hydrogen-bond acceptors (Lipinski definition) is 7. The van der Waals surface area contributed by atoms with Crippen molar-refractivity contribution in [3.63, 3.8) is 0 Å². The van der Waals surface area contributed by atoms with Crippen LogP contribution in [0.2, 0.25) is 0 Å². The molecule has 1 fully saturated rings. The van der Waals surface area contributed by atoms with Crippen LogP contribution in [-0.4, -0.2) is 66.4 Å². The van der Waals surface area contributed by atoms with Gasteiger partial charge in [0.15, 0.2) is 17.5 Å². The minimum absolute atomic E-state index is 0.0296. The molecule has 0 radical (unpaired) electrons. The van der Waals surface area contributed by atoms with E-state index in [2.05, 4.69) is 10.3 Å². The maximum Gasteiger partial charge on any atom is 0.194 e. The zero-order valence-electron chi connectivity index (χ0n) is 14.9. The average Bonchev–Trinajstić information content (AvgIpc) is 3.15. The van der Waals surface area contributed by atoms with Crippen molar-refractivity contribution >= 4 is 11.8 Å². The van der Waals surface area contributed by atoms with E-state index in [1.807, 2.05) is 6.92 Å². The van der Waals surface area contributed by atoms with Crippen LogP contribution in [0.3, 0.4) is 0 Å². The van der Waals surface area contributed by atoms with Gasteiger partial charge in [0.05, 0.1) is 12.8 Å². The van der Waals surface area contributed by atoms with E-state index in [0.29, 0.717) is 5.75 Å². The molecule has 0 saturated carbocycles. The van der Waals surface area contributed by atoms with Gasteiger partial charge in [0.1, 0.15) is 35.5 Å². The van der Waals surface area contributed by atoms with E-state index >= 15 is 0 Å². The Morgan fingerprint density at radius 2 is 1.86 bits per heavy atom.